The van der Waals surface area contributed by atoms with Crippen molar-refractivity contribution < 1.29 is 0 Å². The Morgan fingerprint density at radius 2 is 1.94 bits per heavy atom. The lowest BCUT2D eigenvalue weighted by Gasteiger charge is -2.26. The molecule has 2 atom stereocenters. The zero-order valence-corrected chi connectivity index (χ0v) is 11.2. The molecule has 0 aromatic heterocycles. The molecule has 2 heteroatoms. The number of nitrogen functional groups attached to an aromatic ring is 1. The Hall–Kier alpha value is -1.02. The highest BCUT2D eigenvalue weighted by Crippen LogP contribution is 2.34. The van der Waals surface area contributed by atoms with E-state index >= 15 is 0 Å². The van der Waals surface area contributed by atoms with Crippen molar-refractivity contribution in [1.82, 2.24) is 5.32 Å². The number of nitrogens with two attached hydrogens (primary N) is 1. The third-order valence-electron chi connectivity index (χ3n) is 3.95. The van der Waals surface area contributed by atoms with Crippen molar-refractivity contribution in [2.24, 2.45) is 5.92 Å². The topological polar surface area (TPSA) is 38.0 Å². The summed E-state index contributed by atoms with van der Waals surface area (Å²) in [4.78, 5) is 0. The number of hydrogen-bond donors (Lipinski definition) is 2. The number of benzene rings is 1. The number of hydrogen-bond acceptors (Lipinski definition) is 2. The van der Waals surface area contributed by atoms with Crippen molar-refractivity contribution >= 4 is 5.69 Å². The van der Waals surface area contributed by atoms with Crippen LogP contribution in [0, 0.1) is 5.92 Å². The molecule has 0 spiro atoms. The second kappa shape index (κ2) is 4.69. The van der Waals surface area contributed by atoms with Gasteiger partial charge < -0.3 is 11.1 Å². The average molecular weight is 232 g/mol. The van der Waals surface area contributed by atoms with Crippen molar-refractivity contribution in [2.45, 2.75) is 45.1 Å². The smallest absolute Gasteiger partial charge is 0.0314 e. The van der Waals surface area contributed by atoms with Gasteiger partial charge in [-0.2, -0.15) is 0 Å². The van der Waals surface area contributed by atoms with Crippen molar-refractivity contribution in [2.75, 3.05) is 12.3 Å². The highest BCUT2D eigenvalue weighted by molar-refractivity contribution is 5.41. The molecule has 2 rings (SSSR count). The monoisotopic (exact) mass is 232 g/mol. The van der Waals surface area contributed by atoms with E-state index in [2.05, 4.69) is 38.2 Å². The molecule has 1 aliphatic rings. The summed E-state index contributed by atoms with van der Waals surface area (Å²) in [5.74, 6) is 0.914. The quantitative estimate of drug-likeness (QED) is 0.766. The Balaban J connectivity index is 1.92. The van der Waals surface area contributed by atoms with Crippen LogP contribution in [0.15, 0.2) is 24.3 Å². The normalized spacial score (nSPS) is 23.7. The van der Waals surface area contributed by atoms with E-state index < -0.39 is 0 Å². The molecule has 1 fully saturated rings. The standard InChI is InChI=1S/C15H24N2/c1-4-11-9-14(11)17-10-15(2,3)12-5-7-13(16)8-6-12/h5-8,11,14,17H,4,9-10,16H2,1-3H3. The molecule has 1 aliphatic carbocycles. The maximum atomic E-state index is 5.72. The van der Waals surface area contributed by atoms with Gasteiger partial charge in [-0.1, -0.05) is 39.3 Å². The van der Waals surface area contributed by atoms with Crippen LogP contribution in [-0.4, -0.2) is 12.6 Å². The molecule has 1 aromatic rings. The summed E-state index contributed by atoms with van der Waals surface area (Å²) in [6.45, 7) is 7.89. The van der Waals surface area contributed by atoms with Crippen LogP contribution in [0.4, 0.5) is 5.69 Å². The molecule has 94 valence electrons. The first-order valence-corrected chi connectivity index (χ1v) is 6.62. The van der Waals surface area contributed by atoms with Crippen LogP contribution in [0.25, 0.3) is 0 Å². The van der Waals surface area contributed by atoms with Crippen molar-refractivity contribution in [3.8, 4) is 0 Å². The lowest BCUT2D eigenvalue weighted by molar-refractivity contribution is 0.458. The molecular formula is C15H24N2. The predicted octanol–water partition coefficient (Wildman–Crippen LogP) is 2.93. The van der Waals surface area contributed by atoms with Gasteiger partial charge in [-0.25, -0.2) is 0 Å². The number of anilines is 1. The summed E-state index contributed by atoms with van der Waals surface area (Å²) in [6, 6.07) is 9.02. The van der Waals surface area contributed by atoms with Crippen molar-refractivity contribution in [3.05, 3.63) is 29.8 Å². The van der Waals surface area contributed by atoms with Crippen LogP contribution in [0.2, 0.25) is 0 Å². The molecule has 0 bridgehead atoms. The first-order chi connectivity index (χ1) is 8.03. The van der Waals surface area contributed by atoms with Gasteiger partial charge in [0.25, 0.3) is 0 Å². The summed E-state index contributed by atoms with van der Waals surface area (Å²) in [5, 5.41) is 3.68. The van der Waals surface area contributed by atoms with Crippen molar-refractivity contribution in [1.29, 1.82) is 0 Å². The highest BCUT2D eigenvalue weighted by atomic mass is 15.0. The molecule has 0 amide bonds. The van der Waals surface area contributed by atoms with E-state index in [0.29, 0.717) is 0 Å². The minimum absolute atomic E-state index is 0.175. The molecule has 0 radical (unpaired) electrons. The molecule has 3 N–H and O–H groups in total. The van der Waals surface area contributed by atoms with E-state index in [9.17, 15) is 0 Å². The summed E-state index contributed by atoms with van der Waals surface area (Å²) in [7, 11) is 0. The highest BCUT2D eigenvalue weighted by Gasteiger charge is 2.36. The van der Waals surface area contributed by atoms with Gasteiger partial charge in [-0.15, -0.1) is 0 Å². The zero-order valence-electron chi connectivity index (χ0n) is 11.2. The molecule has 0 heterocycles. The molecule has 2 nitrogen and oxygen atoms in total. The van der Waals surface area contributed by atoms with Gasteiger partial charge in [0.05, 0.1) is 0 Å². The minimum Gasteiger partial charge on any atom is -0.399 e. The fourth-order valence-corrected chi connectivity index (χ4v) is 2.37. The second-order valence-electron chi connectivity index (χ2n) is 5.90. The van der Waals surface area contributed by atoms with E-state index in [1.54, 1.807) is 0 Å². The largest absolute Gasteiger partial charge is 0.399 e. The van der Waals surface area contributed by atoms with Crippen LogP contribution in [-0.2, 0) is 5.41 Å². The first-order valence-electron chi connectivity index (χ1n) is 6.62. The molecule has 2 unspecified atom stereocenters. The average Bonchev–Trinajstić information content (AvgIpc) is 3.06. The fourth-order valence-electron chi connectivity index (χ4n) is 2.37. The predicted molar refractivity (Wildman–Crippen MR) is 74.1 cm³/mol. The summed E-state index contributed by atoms with van der Waals surface area (Å²) in [6.07, 6.45) is 2.66. The minimum atomic E-state index is 0.175. The number of nitrogens with one attached hydrogen (secondary N) is 1. The van der Waals surface area contributed by atoms with Gasteiger partial charge in [-0.3, -0.25) is 0 Å². The van der Waals surface area contributed by atoms with Gasteiger partial charge in [0.15, 0.2) is 0 Å². The van der Waals surface area contributed by atoms with Crippen molar-refractivity contribution in [3.63, 3.8) is 0 Å². The molecule has 1 aromatic carbocycles. The third-order valence-corrected chi connectivity index (χ3v) is 3.95. The maximum Gasteiger partial charge on any atom is 0.0314 e. The second-order valence-corrected chi connectivity index (χ2v) is 5.90. The molecular weight excluding hydrogens is 208 g/mol. The van der Waals surface area contributed by atoms with Crippen LogP contribution >= 0.6 is 0 Å². The lowest BCUT2D eigenvalue weighted by Crippen LogP contribution is -2.34. The van der Waals surface area contributed by atoms with Crippen LogP contribution < -0.4 is 11.1 Å². The molecule has 17 heavy (non-hydrogen) atoms. The van der Waals surface area contributed by atoms with E-state index in [0.717, 1.165) is 24.2 Å². The maximum absolute atomic E-state index is 5.72. The van der Waals surface area contributed by atoms with Gasteiger partial charge in [0.2, 0.25) is 0 Å². The van der Waals surface area contributed by atoms with Crippen LogP contribution in [0.5, 0.6) is 0 Å². The lowest BCUT2D eigenvalue weighted by atomic mass is 9.84. The number of rotatable bonds is 5. The Morgan fingerprint density at radius 1 is 1.29 bits per heavy atom. The van der Waals surface area contributed by atoms with E-state index in [1.807, 2.05) is 12.1 Å². The Labute approximate surface area is 105 Å². The molecule has 0 aliphatic heterocycles. The van der Waals surface area contributed by atoms with Gasteiger partial charge >= 0.3 is 0 Å². The zero-order chi connectivity index (χ0) is 12.5. The van der Waals surface area contributed by atoms with E-state index in [4.69, 9.17) is 5.73 Å². The molecule has 1 saturated carbocycles. The van der Waals surface area contributed by atoms with Gasteiger partial charge in [0, 0.05) is 23.7 Å². The fraction of sp³-hybridized carbons (Fsp3) is 0.600. The SMILES string of the molecule is CCC1CC1NCC(C)(C)c1ccc(N)cc1. The Bertz CT molecular complexity index is 367. The van der Waals surface area contributed by atoms with E-state index in [1.165, 1.54) is 18.4 Å². The van der Waals surface area contributed by atoms with Gasteiger partial charge in [0.1, 0.15) is 0 Å². The Kier molecular flexibility index (Phi) is 3.43. The Morgan fingerprint density at radius 3 is 2.47 bits per heavy atom. The van der Waals surface area contributed by atoms with Crippen LogP contribution in [0.3, 0.4) is 0 Å². The van der Waals surface area contributed by atoms with E-state index in [-0.39, 0.29) is 5.41 Å². The molecule has 0 saturated heterocycles. The summed E-state index contributed by atoms with van der Waals surface area (Å²) < 4.78 is 0. The van der Waals surface area contributed by atoms with Gasteiger partial charge in [-0.05, 0) is 30.0 Å². The summed E-state index contributed by atoms with van der Waals surface area (Å²) >= 11 is 0. The summed E-state index contributed by atoms with van der Waals surface area (Å²) in [5.41, 5.74) is 8.09. The van der Waals surface area contributed by atoms with Crippen LogP contribution in [0.1, 0.15) is 39.2 Å². The first kappa shape index (κ1) is 12.4. The third kappa shape index (κ3) is 3.01.